The molecule has 0 radical (unpaired) electrons. The van der Waals surface area contributed by atoms with Crippen LogP contribution >= 0.6 is 23.2 Å². The molecular formula is C20H26Cl2N4O2. The van der Waals surface area contributed by atoms with Gasteiger partial charge in [-0.1, -0.05) is 29.3 Å². The van der Waals surface area contributed by atoms with Crippen LogP contribution in [0.5, 0.6) is 11.5 Å². The van der Waals surface area contributed by atoms with E-state index in [2.05, 4.69) is 28.3 Å². The van der Waals surface area contributed by atoms with Gasteiger partial charge in [-0.3, -0.25) is 4.99 Å². The monoisotopic (exact) mass is 424 g/mol. The van der Waals surface area contributed by atoms with Gasteiger partial charge >= 0.3 is 0 Å². The minimum Gasteiger partial charge on any atom is -0.493 e. The van der Waals surface area contributed by atoms with E-state index in [1.54, 1.807) is 21.3 Å². The van der Waals surface area contributed by atoms with Crippen molar-refractivity contribution in [1.82, 2.24) is 15.2 Å². The lowest BCUT2D eigenvalue weighted by atomic mass is 10.1. The number of methoxy groups -OCH3 is 2. The molecule has 2 N–H and O–H groups in total. The molecule has 0 saturated carbocycles. The molecule has 0 spiro atoms. The predicted molar refractivity (Wildman–Crippen MR) is 116 cm³/mol. The molecule has 8 heteroatoms. The van der Waals surface area contributed by atoms with E-state index in [-0.39, 0.29) is 0 Å². The molecule has 0 atom stereocenters. The summed E-state index contributed by atoms with van der Waals surface area (Å²) in [6, 6.07) is 5.85. The Morgan fingerprint density at radius 2 is 1.89 bits per heavy atom. The maximum absolute atomic E-state index is 6.11. The summed E-state index contributed by atoms with van der Waals surface area (Å²) in [5.41, 5.74) is 3.02. The predicted octanol–water partition coefficient (Wildman–Crippen LogP) is 3.94. The number of rotatable bonds is 8. The Balaban J connectivity index is 2.07. The first-order valence-corrected chi connectivity index (χ1v) is 9.49. The van der Waals surface area contributed by atoms with Crippen molar-refractivity contribution in [3.8, 4) is 11.5 Å². The second kappa shape index (κ2) is 10.3. The summed E-state index contributed by atoms with van der Waals surface area (Å²) in [7, 11) is 6.85. The van der Waals surface area contributed by atoms with Crippen molar-refractivity contribution in [3.63, 3.8) is 0 Å². The summed E-state index contributed by atoms with van der Waals surface area (Å²) < 4.78 is 12.8. The SMILES string of the molecule is C=CCc1cc(CNC(=NC)NCc2cc(Cl)c(Cl)n2C)cc(OC)c1OC. The maximum Gasteiger partial charge on any atom is 0.191 e. The molecule has 6 nitrogen and oxygen atoms in total. The van der Waals surface area contributed by atoms with Crippen LogP contribution in [0.4, 0.5) is 0 Å². The van der Waals surface area contributed by atoms with Gasteiger partial charge in [0.1, 0.15) is 5.15 Å². The van der Waals surface area contributed by atoms with Crippen molar-refractivity contribution in [2.75, 3.05) is 21.3 Å². The molecule has 2 rings (SSSR count). The lowest BCUT2D eigenvalue weighted by Crippen LogP contribution is -2.36. The highest BCUT2D eigenvalue weighted by Gasteiger charge is 2.13. The number of ether oxygens (including phenoxy) is 2. The Labute approximate surface area is 176 Å². The van der Waals surface area contributed by atoms with Gasteiger partial charge < -0.3 is 24.7 Å². The van der Waals surface area contributed by atoms with Crippen molar-refractivity contribution in [2.45, 2.75) is 19.5 Å². The molecule has 1 aromatic heterocycles. The smallest absolute Gasteiger partial charge is 0.191 e. The van der Waals surface area contributed by atoms with E-state index in [0.29, 0.717) is 41.4 Å². The molecular weight excluding hydrogens is 399 g/mol. The zero-order valence-corrected chi connectivity index (χ0v) is 18.1. The highest BCUT2D eigenvalue weighted by atomic mass is 35.5. The van der Waals surface area contributed by atoms with Crippen LogP contribution in [0.2, 0.25) is 10.2 Å². The number of hydrogen-bond donors (Lipinski definition) is 2. The standard InChI is InChI=1S/C20H26Cl2N4O2/c1-6-7-14-8-13(9-17(27-4)18(14)28-5)11-24-20(23-2)25-12-15-10-16(21)19(22)26(15)3/h6,8-10H,1,7,11-12H2,2-5H3,(H2,23,24,25). The normalized spacial score (nSPS) is 11.3. The molecule has 0 saturated heterocycles. The molecule has 0 bridgehead atoms. The van der Waals surface area contributed by atoms with Crippen LogP contribution in [0.15, 0.2) is 35.8 Å². The lowest BCUT2D eigenvalue weighted by Gasteiger charge is -2.16. The number of allylic oxidation sites excluding steroid dienone is 1. The van der Waals surface area contributed by atoms with Gasteiger partial charge in [-0.15, -0.1) is 6.58 Å². The molecule has 0 unspecified atom stereocenters. The Morgan fingerprint density at radius 3 is 2.43 bits per heavy atom. The van der Waals surface area contributed by atoms with Crippen molar-refractivity contribution >= 4 is 29.2 Å². The fourth-order valence-electron chi connectivity index (χ4n) is 2.85. The van der Waals surface area contributed by atoms with Crippen LogP contribution in [0.3, 0.4) is 0 Å². The van der Waals surface area contributed by atoms with Crippen LogP contribution < -0.4 is 20.1 Å². The summed E-state index contributed by atoms with van der Waals surface area (Å²) in [6.45, 7) is 4.92. The fraction of sp³-hybridized carbons (Fsp3) is 0.350. The zero-order valence-electron chi connectivity index (χ0n) is 16.6. The second-order valence-corrected chi connectivity index (χ2v) is 6.86. The van der Waals surface area contributed by atoms with Gasteiger partial charge in [0, 0.05) is 31.9 Å². The molecule has 1 heterocycles. The second-order valence-electron chi connectivity index (χ2n) is 6.10. The van der Waals surface area contributed by atoms with Crippen LogP contribution in [-0.4, -0.2) is 31.8 Å². The summed E-state index contributed by atoms with van der Waals surface area (Å²) in [5.74, 6) is 2.08. The highest BCUT2D eigenvalue weighted by molar-refractivity contribution is 6.41. The maximum atomic E-state index is 6.11. The number of aliphatic imine (C=N–C) groups is 1. The summed E-state index contributed by atoms with van der Waals surface area (Å²) >= 11 is 12.2. The minimum absolute atomic E-state index is 0.515. The van der Waals surface area contributed by atoms with E-state index < -0.39 is 0 Å². The molecule has 0 amide bonds. The molecule has 0 aliphatic carbocycles. The third-order valence-corrected chi connectivity index (χ3v) is 5.16. The van der Waals surface area contributed by atoms with E-state index in [9.17, 15) is 0 Å². The van der Waals surface area contributed by atoms with Crippen LogP contribution in [0.1, 0.15) is 16.8 Å². The number of nitrogens with one attached hydrogen (secondary N) is 2. The number of aromatic nitrogens is 1. The average Bonchev–Trinajstić information content (AvgIpc) is 2.94. The van der Waals surface area contributed by atoms with Gasteiger partial charge in [0.15, 0.2) is 17.5 Å². The Bertz CT molecular complexity index is 862. The summed E-state index contributed by atoms with van der Waals surface area (Å²) in [5, 5.41) is 7.60. The van der Waals surface area contributed by atoms with E-state index in [0.717, 1.165) is 22.6 Å². The van der Waals surface area contributed by atoms with E-state index in [4.69, 9.17) is 32.7 Å². The summed E-state index contributed by atoms with van der Waals surface area (Å²) in [6.07, 6.45) is 2.53. The Morgan fingerprint density at radius 1 is 1.18 bits per heavy atom. The number of nitrogens with zero attached hydrogens (tertiary/aromatic N) is 2. The van der Waals surface area contributed by atoms with E-state index in [1.807, 2.05) is 29.8 Å². The van der Waals surface area contributed by atoms with Crippen LogP contribution in [0, 0.1) is 0 Å². The largest absolute Gasteiger partial charge is 0.493 e. The van der Waals surface area contributed by atoms with E-state index >= 15 is 0 Å². The molecule has 1 aromatic carbocycles. The van der Waals surface area contributed by atoms with Crippen molar-refractivity contribution in [1.29, 1.82) is 0 Å². The quantitative estimate of drug-likeness (QED) is 0.382. The fourth-order valence-corrected chi connectivity index (χ4v) is 3.27. The van der Waals surface area contributed by atoms with Gasteiger partial charge in [0.25, 0.3) is 0 Å². The van der Waals surface area contributed by atoms with Gasteiger partial charge in [0.2, 0.25) is 0 Å². The summed E-state index contributed by atoms with van der Waals surface area (Å²) in [4.78, 5) is 4.26. The number of benzene rings is 1. The molecule has 2 aromatic rings. The first kappa shape index (κ1) is 22.0. The van der Waals surface area contributed by atoms with Crippen molar-refractivity contribution in [3.05, 3.63) is 57.9 Å². The molecule has 0 aliphatic rings. The zero-order chi connectivity index (χ0) is 20.7. The van der Waals surface area contributed by atoms with E-state index in [1.165, 1.54) is 0 Å². The van der Waals surface area contributed by atoms with Crippen molar-refractivity contribution < 1.29 is 9.47 Å². The van der Waals surface area contributed by atoms with Gasteiger partial charge in [-0.05, 0) is 30.2 Å². The number of guanidine groups is 1. The molecule has 0 aliphatic heterocycles. The molecule has 28 heavy (non-hydrogen) atoms. The first-order chi connectivity index (χ1) is 13.4. The van der Waals surface area contributed by atoms with Crippen LogP contribution in [0.25, 0.3) is 0 Å². The third-order valence-electron chi connectivity index (χ3n) is 4.32. The lowest BCUT2D eigenvalue weighted by molar-refractivity contribution is 0.352. The average molecular weight is 425 g/mol. The third kappa shape index (κ3) is 5.14. The highest BCUT2D eigenvalue weighted by Crippen LogP contribution is 2.33. The van der Waals surface area contributed by atoms with Crippen molar-refractivity contribution in [2.24, 2.45) is 12.0 Å². The topological polar surface area (TPSA) is 59.8 Å². The number of hydrogen-bond acceptors (Lipinski definition) is 3. The van der Waals surface area contributed by atoms with Gasteiger partial charge in [-0.2, -0.15) is 0 Å². The molecule has 0 fully saturated rings. The van der Waals surface area contributed by atoms with Gasteiger partial charge in [0.05, 0.1) is 25.8 Å². The molecule has 152 valence electrons. The van der Waals surface area contributed by atoms with Crippen LogP contribution in [-0.2, 0) is 26.6 Å². The first-order valence-electron chi connectivity index (χ1n) is 8.73. The Hall–Kier alpha value is -2.31. The Kier molecular flexibility index (Phi) is 8.08. The van der Waals surface area contributed by atoms with Gasteiger partial charge in [-0.25, -0.2) is 0 Å². The minimum atomic E-state index is 0.515. The number of halogens is 2.